The van der Waals surface area contributed by atoms with Crippen LogP contribution < -0.4 is 0 Å². The Balaban J connectivity index is 1.71. The van der Waals surface area contributed by atoms with E-state index in [1.807, 2.05) is 54.6 Å². The number of benzene rings is 4. The molecule has 0 spiro atoms. The molecule has 4 aromatic carbocycles. The van der Waals surface area contributed by atoms with E-state index in [0.717, 1.165) is 49.4 Å². The predicted molar refractivity (Wildman–Crippen MR) is 117 cm³/mol. The highest BCUT2D eigenvalue weighted by atomic mass is 16.3. The number of rotatable bonds is 1. The molecule has 0 N–H and O–H groups in total. The molecule has 0 amide bonds. The third kappa shape index (κ3) is 2.19. The summed E-state index contributed by atoms with van der Waals surface area (Å²) in [6.07, 6.45) is 0. The second kappa shape index (κ2) is 5.98. The van der Waals surface area contributed by atoms with E-state index in [1.165, 1.54) is 0 Å². The van der Waals surface area contributed by atoms with Crippen LogP contribution in [-0.4, -0.2) is 4.57 Å². The van der Waals surface area contributed by atoms with Gasteiger partial charge in [-0.15, -0.1) is 0 Å². The van der Waals surface area contributed by atoms with Crippen LogP contribution in [0.15, 0.2) is 83.3 Å². The Bertz CT molecular complexity index is 1720. The van der Waals surface area contributed by atoms with E-state index in [-0.39, 0.29) is 0 Å². The van der Waals surface area contributed by atoms with Crippen LogP contribution >= 0.6 is 0 Å². The van der Waals surface area contributed by atoms with Crippen molar-refractivity contribution >= 4 is 43.7 Å². The van der Waals surface area contributed by atoms with Gasteiger partial charge in [0, 0.05) is 27.2 Å². The molecule has 0 radical (unpaired) electrons. The zero-order valence-electron chi connectivity index (χ0n) is 15.8. The second-order valence-electron chi connectivity index (χ2n) is 7.30. The van der Waals surface area contributed by atoms with E-state index >= 15 is 0 Å². The summed E-state index contributed by atoms with van der Waals surface area (Å²) in [4.78, 5) is 0. The highest BCUT2D eigenvalue weighted by molar-refractivity contribution is 6.11. The maximum atomic E-state index is 9.34. The lowest BCUT2D eigenvalue weighted by molar-refractivity contribution is 0.669. The first-order valence-corrected chi connectivity index (χ1v) is 9.57. The van der Waals surface area contributed by atoms with Crippen LogP contribution in [0.3, 0.4) is 0 Å². The molecule has 30 heavy (non-hydrogen) atoms. The SMILES string of the molecule is N#Cc1ccc2oc3ccc(-n4c5ccccc5c5cc(C#N)ccc54)cc3c2c1. The molecule has 2 heterocycles. The first kappa shape index (κ1) is 16.4. The minimum absolute atomic E-state index is 0.608. The number of fused-ring (bicyclic) bond motifs is 6. The van der Waals surface area contributed by atoms with Gasteiger partial charge in [-0.3, -0.25) is 0 Å². The largest absolute Gasteiger partial charge is 0.456 e. The molecular formula is C26H13N3O. The Morgan fingerprint density at radius 2 is 1.23 bits per heavy atom. The van der Waals surface area contributed by atoms with Gasteiger partial charge in [0.1, 0.15) is 11.2 Å². The lowest BCUT2D eigenvalue weighted by atomic mass is 10.1. The summed E-state index contributed by atoms with van der Waals surface area (Å²) in [5, 5.41) is 22.7. The molecule has 0 aliphatic carbocycles. The fourth-order valence-electron chi connectivity index (χ4n) is 4.29. The molecule has 6 aromatic rings. The molecule has 0 atom stereocenters. The van der Waals surface area contributed by atoms with Gasteiger partial charge in [0.15, 0.2) is 0 Å². The Kier molecular flexibility index (Phi) is 3.27. The fraction of sp³-hybridized carbons (Fsp3) is 0. The van der Waals surface area contributed by atoms with Gasteiger partial charge in [-0.2, -0.15) is 10.5 Å². The number of aromatic nitrogens is 1. The van der Waals surface area contributed by atoms with Crippen LogP contribution in [0.4, 0.5) is 0 Å². The molecule has 138 valence electrons. The van der Waals surface area contributed by atoms with Crippen LogP contribution in [0.5, 0.6) is 0 Å². The molecule has 0 bridgehead atoms. The summed E-state index contributed by atoms with van der Waals surface area (Å²) in [7, 11) is 0. The minimum atomic E-state index is 0.608. The van der Waals surface area contributed by atoms with Gasteiger partial charge >= 0.3 is 0 Å². The van der Waals surface area contributed by atoms with Crippen LogP contribution in [-0.2, 0) is 0 Å². The first-order valence-electron chi connectivity index (χ1n) is 9.57. The van der Waals surface area contributed by atoms with Crippen molar-refractivity contribution in [3.05, 3.63) is 90.0 Å². The number of hydrogen-bond donors (Lipinski definition) is 0. The molecular weight excluding hydrogens is 370 g/mol. The second-order valence-corrected chi connectivity index (χ2v) is 7.30. The average Bonchev–Trinajstić information content (AvgIpc) is 3.33. The third-order valence-corrected chi connectivity index (χ3v) is 5.64. The van der Waals surface area contributed by atoms with E-state index in [2.05, 4.69) is 34.9 Å². The summed E-state index contributed by atoms with van der Waals surface area (Å²) in [5.41, 5.74) is 5.93. The van der Waals surface area contributed by atoms with Gasteiger partial charge in [-0.1, -0.05) is 18.2 Å². The van der Waals surface area contributed by atoms with Crippen LogP contribution in [0.25, 0.3) is 49.4 Å². The van der Waals surface area contributed by atoms with Gasteiger partial charge in [-0.05, 0) is 60.7 Å². The van der Waals surface area contributed by atoms with Crippen LogP contribution in [0.2, 0.25) is 0 Å². The zero-order valence-corrected chi connectivity index (χ0v) is 15.8. The predicted octanol–water partition coefficient (Wildman–Crippen LogP) is 6.43. The molecule has 4 nitrogen and oxygen atoms in total. The monoisotopic (exact) mass is 383 g/mol. The average molecular weight is 383 g/mol. The fourth-order valence-corrected chi connectivity index (χ4v) is 4.29. The van der Waals surface area contributed by atoms with Gasteiger partial charge < -0.3 is 8.98 Å². The summed E-state index contributed by atoms with van der Waals surface area (Å²) in [5.74, 6) is 0. The molecule has 0 fully saturated rings. The van der Waals surface area contributed by atoms with Gasteiger partial charge in [-0.25, -0.2) is 0 Å². The summed E-state index contributed by atoms with van der Waals surface area (Å²) < 4.78 is 8.18. The van der Waals surface area contributed by atoms with Crippen LogP contribution in [0.1, 0.15) is 11.1 Å². The topological polar surface area (TPSA) is 65.7 Å². The van der Waals surface area contributed by atoms with Gasteiger partial charge in [0.25, 0.3) is 0 Å². The summed E-state index contributed by atoms with van der Waals surface area (Å²) >= 11 is 0. The van der Waals surface area contributed by atoms with Crippen molar-refractivity contribution in [1.29, 1.82) is 10.5 Å². The lowest BCUT2D eigenvalue weighted by Crippen LogP contribution is -1.93. The standard InChI is InChI=1S/C26H13N3O/c27-14-16-5-8-24-20(11-16)19-3-1-2-4-23(19)29(24)18-7-10-26-22(13-18)21-12-17(15-28)6-9-25(21)30-26/h1-13H. The van der Waals surface area contributed by atoms with Crippen molar-refractivity contribution < 1.29 is 4.42 Å². The normalized spacial score (nSPS) is 11.3. The third-order valence-electron chi connectivity index (χ3n) is 5.64. The van der Waals surface area contributed by atoms with E-state index in [9.17, 15) is 10.5 Å². The highest BCUT2D eigenvalue weighted by Crippen LogP contribution is 2.35. The number of nitriles is 2. The van der Waals surface area contributed by atoms with Crippen LogP contribution in [0, 0.1) is 22.7 Å². The van der Waals surface area contributed by atoms with E-state index < -0.39 is 0 Å². The van der Waals surface area contributed by atoms with E-state index in [1.54, 1.807) is 6.07 Å². The lowest BCUT2D eigenvalue weighted by Gasteiger charge is -2.08. The van der Waals surface area contributed by atoms with Crippen molar-refractivity contribution in [2.24, 2.45) is 0 Å². The maximum absolute atomic E-state index is 9.34. The van der Waals surface area contributed by atoms with Gasteiger partial charge in [0.05, 0.1) is 34.3 Å². The minimum Gasteiger partial charge on any atom is -0.456 e. The summed E-state index contributed by atoms with van der Waals surface area (Å²) in [6, 6.07) is 30.0. The molecule has 0 saturated carbocycles. The Morgan fingerprint density at radius 1 is 0.600 bits per heavy atom. The Hall–Kier alpha value is -4.54. The van der Waals surface area contributed by atoms with Crippen molar-refractivity contribution in [2.45, 2.75) is 0 Å². The molecule has 0 aliphatic rings. The van der Waals surface area contributed by atoms with Crippen molar-refractivity contribution in [3.8, 4) is 17.8 Å². The first-order chi connectivity index (χ1) is 14.8. The van der Waals surface area contributed by atoms with Gasteiger partial charge in [0.2, 0.25) is 0 Å². The number of furan rings is 1. The zero-order chi connectivity index (χ0) is 20.2. The smallest absolute Gasteiger partial charge is 0.135 e. The number of hydrogen-bond acceptors (Lipinski definition) is 3. The molecule has 0 unspecified atom stereocenters. The maximum Gasteiger partial charge on any atom is 0.135 e. The molecule has 0 saturated heterocycles. The Labute approximate surface area is 171 Å². The van der Waals surface area contributed by atoms with E-state index in [0.29, 0.717) is 11.1 Å². The van der Waals surface area contributed by atoms with Crippen molar-refractivity contribution in [3.63, 3.8) is 0 Å². The molecule has 4 heteroatoms. The quantitative estimate of drug-likeness (QED) is 0.329. The van der Waals surface area contributed by atoms with E-state index in [4.69, 9.17) is 4.42 Å². The summed E-state index contributed by atoms with van der Waals surface area (Å²) in [6.45, 7) is 0. The molecule has 0 aliphatic heterocycles. The number of nitrogens with zero attached hydrogens (tertiary/aromatic N) is 3. The molecule has 6 rings (SSSR count). The highest BCUT2D eigenvalue weighted by Gasteiger charge is 2.15. The molecule has 2 aromatic heterocycles. The van der Waals surface area contributed by atoms with Crippen molar-refractivity contribution in [2.75, 3.05) is 0 Å². The van der Waals surface area contributed by atoms with Crippen molar-refractivity contribution in [1.82, 2.24) is 4.57 Å². The number of para-hydroxylation sites is 1. The Morgan fingerprint density at radius 3 is 2.03 bits per heavy atom.